The molecule has 54 valence electrons. The highest BCUT2D eigenvalue weighted by atomic mass is 31.0. The third-order valence-electron chi connectivity index (χ3n) is 1.06. The van der Waals surface area contributed by atoms with Crippen LogP contribution in [-0.4, -0.2) is 16.4 Å². The summed E-state index contributed by atoms with van der Waals surface area (Å²) in [7, 11) is 2.13. The number of carboxylic acid groups (broad SMARTS) is 1. The second-order valence-corrected chi connectivity index (χ2v) is 3.13. The van der Waals surface area contributed by atoms with Gasteiger partial charge in [0.2, 0.25) is 0 Å². The van der Waals surface area contributed by atoms with Gasteiger partial charge in [0.15, 0.2) is 0 Å². The summed E-state index contributed by atoms with van der Waals surface area (Å²) in [5.41, 5.74) is 5.33. The molecule has 0 bridgehead atoms. The quantitative estimate of drug-likeness (QED) is 0.571. The fraction of sp³-hybridized carbons (Fsp3) is 0.800. The van der Waals surface area contributed by atoms with Crippen LogP contribution in [0.3, 0.4) is 0 Å². The van der Waals surface area contributed by atoms with E-state index < -0.39 is 11.2 Å². The van der Waals surface area contributed by atoms with Gasteiger partial charge in [-0.05, 0) is 6.42 Å². The van der Waals surface area contributed by atoms with Crippen LogP contribution in [0.1, 0.15) is 19.8 Å². The summed E-state index contributed by atoms with van der Waals surface area (Å²) in [5, 5.41) is 7.31. The summed E-state index contributed by atoms with van der Waals surface area (Å²) in [5.74, 6) is -0.964. The van der Waals surface area contributed by atoms with Crippen LogP contribution in [0.25, 0.3) is 0 Å². The van der Waals surface area contributed by atoms with E-state index in [9.17, 15) is 4.79 Å². The molecule has 0 aromatic carbocycles. The minimum atomic E-state index is -1.12. The van der Waals surface area contributed by atoms with Crippen molar-refractivity contribution in [3.8, 4) is 0 Å². The molecule has 0 radical (unpaired) electrons. The average Bonchev–Trinajstić information content (AvgIpc) is 1.65. The molecule has 0 aromatic heterocycles. The van der Waals surface area contributed by atoms with Gasteiger partial charge in [0, 0.05) is 0 Å². The van der Waals surface area contributed by atoms with Crippen molar-refractivity contribution in [2.45, 2.75) is 25.0 Å². The second kappa shape index (κ2) is 3.14. The van der Waals surface area contributed by atoms with Crippen molar-refractivity contribution in [2.75, 3.05) is 0 Å². The molecule has 0 amide bonds. The first-order chi connectivity index (χ1) is 4.00. The van der Waals surface area contributed by atoms with Crippen LogP contribution in [0.5, 0.6) is 0 Å². The molecule has 0 aliphatic rings. The molecular weight excluding hydrogens is 137 g/mol. The summed E-state index contributed by atoms with van der Waals surface area (Å²) >= 11 is 0. The first-order valence-electron chi connectivity index (χ1n) is 2.82. The maximum absolute atomic E-state index is 10.3. The largest absolute Gasteiger partial charge is 0.480 e. The van der Waals surface area contributed by atoms with E-state index in [1.165, 1.54) is 0 Å². The molecule has 3 nitrogen and oxygen atoms in total. The van der Waals surface area contributed by atoms with Crippen LogP contribution < -0.4 is 5.73 Å². The number of aliphatic carboxylic acids is 1. The standard InChI is InChI=1S/C5H12NO2P/c1-2-3-5(6,9)4(7)8/h2-3,6,9H2,1H3,(H,7,8). The first-order valence-corrected chi connectivity index (χ1v) is 3.39. The molecule has 3 N–H and O–H groups in total. The van der Waals surface area contributed by atoms with Gasteiger partial charge in [-0.25, -0.2) is 4.79 Å². The predicted octanol–water partition coefficient (Wildman–Crippen LogP) is 0.401. The average molecular weight is 149 g/mol. The molecule has 0 heterocycles. The molecule has 0 fully saturated rings. The summed E-state index contributed by atoms with van der Waals surface area (Å²) in [6, 6.07) is 0. The van der Waals surface area contributed by atoms with Gasteiger partial charge in [0.25, 0.3) is 0 Å². The fourth-order valence-corrected chi connectivity index (χ4v) is 0.809. The van der Waals surface area contributed by atoms with Crippen molar-refractivity contribution in [3.63, 3.8) is 0 Å². The molecule has 9 heavy (non-hydrogen) atoms. The van der Waals surface area contributed by atoms with E-state index in [2.05, 4.69) is 9.24 Å². The molecule has 2 atom stereocenters. The Labute approximate surface area is 56.8 Å². The van der Waals surface area contributed by atoms with E-state index in [4.69, 9.17) is 10.8 Å². The van der Waals surface area contributed by atoms with E-state index in [-0.39, 0.29) is 0 Å². The van der Waals surface area contributed by atoms with E-state index >= 15 is 0 Å². The zero-order chi connectivity index (χ0) is 7.49. The van der Waals surface area contributed by atoms with Gasteiger partial charge in [-0.2, -0.15) is 0 Å². The van der Waals surface area contributed by atoms with Gasteiger partial charge >= 0.3 is 5.97 Å². The molecule has 2 unspecified atom stereocenters. The predicted molar refractivity (Wildman–Crippen MR) is 39.2 cm³/mol. The van der Waals surface area contributed by atoms with Crippen LogP contribution in [0.4, 0.5) is 0 Å². The molecular formula is C5H12NO2P. The number of carboxylic acids is 1. The van der Waals surface area contributed by atoms with Crippen LogP contribution in [0.2, 0.25) is 0 Å². The van der Waals surface area contributed by atoms with Gasteiger partial charge < -0.3 is 10.8 Å². The Kier molecular flexibility index (Phi) is 3.09. The summed E-state index contributed by atoms with van der Waals surface area (Å²) in [6.45, 7) is 1.90. The lowest BCUT2D eigenvalue weighted by atomic mass is 10.2. The van der Waals surface area contributed by atoms with E-state index in [0.29, 0.717) is 6.42 Å². The second-order valence-electron chi connectivity index (χ2n) is 2.10. The van der Waals surface area contributed by atoms with Gasteiger partial charge in [0.1, 0.15) is 5.28 Å². The summed E-state index contributed by atoms with van der Waals surface area (Å²) < 4.78 is 0. The maximum atomic E-state index is 10.3. The number of carbonyl (C=O) groups is 1. The lowest BCUT2D eigenvalue weighted by Gasteiger charge is -2.16. The van der Waals surface area contributed by atoms with Crippen LogP contribution in [0, 0.1) is 0 Å². The fourth-order valence-electron chi connectivity index (χ4n) is 0.521. The Balaban J connectivity index is 3.85. The zero-order valence-corrected chi connectivity index (χ0v) is 6.58. The molecule has 0 spiro atoms. The lowest BCUT2D eigenvalue weighted by molar-refractivity contribution is -0.140. The number of nitrogens with two attached hydrogens (primary N) is 1. The number of rotatable bonds is 3. The third-order valence-corrected chi connectivity index (χ3v) is 1.60. The van der Waals surface area contributed by atoms with Crippen molar-refractivity contribution in [3.05, 3.63) is 0 Å². The lowest BCUT2D eigenvalue weighted by Crippen LogP contribution is -2.41. The Morgan fingerprint density at radius 2 is 2.33 bits per heavy atom. The summed E-state index contributed by atoms with van der Waals surface area (Å²) in [4.78, 5) is 10.3. The monoisotopic (exact) mass is 149 g/mol. The molecule has 0 rings (SSSR count). The Bertz CT molecular complexity index is 114. The van der Waals surface area contributed by atoms with Crippen molar-refractivity contribution >= 4 is 15.2 Å². The van der Waals surface area contributed by atoms with Crippen LogP contribution in [-0.2, 0) is 4.79 Å². The van der Waals surface area contributed by atoms with E-state index in [1.807, 2.05) is 6.92 Å². The SMILES string of the molecule is CCCC(N)(P)C(=O)O. The van der Waals surface area contributed by atoms with Crippen molar-refractivity contribution in [2.24, 2.45) is 5.73 Å². The van der Waals surface area contributed by atoms with Crippen molar-refractivity contribution in [1.29, 1.82) is 0 Å². The minimum absolute atomic E-state index is 0.493. The molecule has 0 saturated carbocycles. The highest BCUT2D eigenvalue weighted by Crippen LogP contribution is 2.17. The smallest absolute Gasteiger partial charge is 0.327 e. The molecule has 0 saturated heterocycles. The van der Waals surface area contributed by atoms with Gasteiger partial charge in [0.05, 0.1) is 0 Å². The highest BCUT2D eigenvalue weighted by Gasteiger charge is 2.26. The van der Waals surface area contributed by atoms with Crippen molar-refractivity contribution in [1.82, 2.24) is 0 Å². The van der Waals surface area contributed by atoms with E-state index in [1.54, 1.807) is 0 Å². The number of hydrogen-bond acceptors (Lipinski definition) is 2. The zero-order valence-electron chi connectivity index (χ0n) is 5.42. The van der Waals surface area contributed by atoms with Crippen molar-refractivity contribution < 1.29 is 9.90 Å². The minimum Gasteiger partial charge on any atom is -0.480 e. The number of hydrogen-bond donors (Lipinski definition) is 2. The Morgan fingerprint density at radius 3 is 2.44 bits per heavy atom. The first kappa shape index (κ1) is 8.86. The summed E-state index contributed by atoms with van der Waals surface area (Å²) in [6.07, 6.45) is 1.28. The third kappa shape index (κ3) is 2.78. The molecule has 0 aliphatic carbocycles. The molecule has 4 heteroatoms. The highest BCUT2D eigenvalue weighted by molar-refractivity contribution is 7.20. The van der Waals surface area contributed by atoms with Crippen LogP contribution in [0.15, 0.2) is 0 Å². The molecule has 0 aliphatic heterocycles. The topological polar surface area (TPSA) is 63.3 Å². The normalized spacial score (nSPS) is 16.8. The van der Waals surface area contributed by atoms with Gasteiger partial charge in [-0.3, -0.25) is 0 Å². The Morgan fingerprint density at radius 1 is 1.89 bits per heavy atom. The van der Waals surface area contributed by atoms with Gasteiger partial charge in [-0.1, -0.05) is 13.3 Å². The van der Waals surface area contributed by atoms with Crippen LogP contribution >= 0.6 is 9.24 Å². The van der Waals surface area contributed by atoms with E-state index in [0.717, 1.165) is 6.42 Å². The molecule has 0 aromatic rings. The van der Waals surface area contributed by atoms with Gasteiger partial charge in [-0.15, -0.1) is 9.24 Å². The maximum Gasteiger partial charge on any atom is 0.327 e. The Hall–Kier alpha value is -0.140.